The standard InChI is InChI=1S/C13H18N2O3/c16-12-6-5-10(7-12)8-14-9-11-3-1-2-4-13(11)15(17)18/h1-4,10,12,14,16H,5-9H2. The first-order chi connectivity index (χ1) is 8.66. The topological polar surface area (TPSA) is 75.4 Å². The number of nitrogens with zero attached hydrogens (tertiary/aromatic N) is 1. The smallest absolute Gasteiger partial charge is 0.273 e. The summed E-state index contributed by atoms with van der Waals surface area (Å²) in [6, 6.07) is 6.78. The highest BCUT2D eigenvalue weighted by Gasteiger charge is 2.22. The highest BCUT2D eigenvalue weighted by Crippen LogP contribution is 2.25. The minimum Gasteiger partial charge on any atom is -0.393 e. The third-order valence-corrected chi connectivity index (χ3v) is 3.45. The van der Waals surface area contributed by atoms with Gasteiger partial charge in [-0.25, -0.2) is 0 Å². The quantitative estimate of drug-likeness (QED) is 0.617. The molecule has 0 spiro atoms. The second-order valence-electron chi connectivity index (χ2n) is 4.85. The van der Waals surface area contributed by atoms with Crippen LogP contribution in [-0.4, -0.2) is 22.7 Å². The summed E-state index contributed by atoms with van der Waals surface area (Å²) in [5.74, 6) is 0.489. The summed E-state index contributed by atoms with van der Waals surface area (Å²) in [6.45, 7) is 1.31. The Balaban J connectivity index is 1.85. The molecular formula is C13H18N2O3. The SMILES string of the molecule is O=[N+]([O-])c1ccccc1CNCC1CCC(O)C1. The van der Waals surface area contributed by atoms with Crippen molar-refractivity contribution in [1.82, 2.24) is 5.32 Å². The first-order valence-electron chi connectivity index (χ1n) is 6.28. The van der Waals surface area contributed by atoms with Crippen LogP contribution < -0.4 is 5.32 Å². The molecule has 18 heavy (non-hydrogen) atoms. The predicted molar refractivity (Wildman–Crippen MR) is 68.2 cm³/mol. The maximum Gasteiger partial charge on any atom is 0.273 e. The lowest BCUT2D eigenvalue weighted by molar-refractivity contribution is -0.385. The summed E-state index contributed by atoms with van der Waals surface area (Å²) in [7, 11) is 0. The van der Waals surface area contributed by atoms with E-state index >= 15 is 0 Å². The van der Waals surface area contributed by atoms with Gasteiger partial charge >= 0.3 is 0 Å². The van der Waals surface area contributed by atoms with Crippen molar-refractivity contribution in [2.75, 3.05) is 6.54 Å². The van der Waals surface area contributed by atoms with Crippen LogP contribution in [-0.2, 0) is 6.54 Å². The van der Waals surface area contributed by atoms with Crippen molar-refractivity contribution in [3.8, 4) is 0 Å². The summed E-state index contributed by atoms with van der Waals surface area (Å²) in [5.41, 5.74) is 0.873. The van der Waals surface area contributed by atoms with Gasteiger partial charge in [0.1, 0.15) is 0 Å². The van der Waals surface area contributed by atoms with Gasteiger partial charge in [-0.3, -0.25) is 10.1 Å². The van der Waals surface area contributed by atoms with Gasteiger partial charge in [0.05, 0.1) is 11.0 Å². The third-order valence-electron chi connectivity index (χ3n) is 3.45. The molecule has 1 aromatic rings. The average Bonchev–Trinajstić information content (AvgIpc) is 2.75. The molecule has 2 atom stereocenters. The summed E-state index contributed by atoms with van der Waals surface area (Å²) in [4.78, 5) is 10.5. The van der Waals surface area contributed by atoms with Crippen molar-refractivity contribution in [2.45, 2.75) is 31.9 Å². The van der Waals surface area contributed by atoms with Gasteiger partial charge in [0, 0.05) is 18.2 Å². The number of nitro benzene ring substituents is 1. The van der Waals surface area contributed by atoms with Crippen molar-refractivity contribution in [2.24, 2.45) is 5.92 Å². The van der Waals surface area contributed by atoms with Gasteiger partial charge in [-0.2, -0.15) is 0 Å². The Labute approximate surface area is 106 Å². The van der Waals surface area contributed by atoms with Crippen molar-refractivity contribution in [1.29, 1.82) is 0 Å². The Morgan fingerprint density at radius 1 is 1.39 bits per heavy atom. The molecule has 0 radical (unpaired) electrons. The molecule has 0 amide bonds. The first-order valence-corrected chi connectivity index (χ1v) is 6.28. The van der Waals surface area contributed by atoms with Gasteiger partial charge in [0.2, 0.25) is 0 Å². The molecule has 0 aliphatic heterocycles. The highest BCUT2D eigenvalue weighted by atomic mass is 16.6. The molecule has 0 aromatic heterocycles. The Bertz CT molecular complexity index is 422. The highest BCUT2D eigenvalue weighted by molar-refractivity contribution is 5.39. The lowest BCUT2D eigenvalue weighted by Gasteiger charge is -2.10. The lowest BCUT2D eigenvalue weighted by Crippen LogP contribution is -2.21. The number of benzene rings is 1. The van der Waals surface area contributed by atoms with Crippen LogP contribution in [0.2, 0.25) is 0 Å². The van der Waals surface area contributed by atoms with Crippen LogP contribution in [0.25, 0.3) is 0 Å². The number of nitrogens with one attached hydrogen (secondary N) is 1. The molecule has 0 heterocycles. The molecule has 2 rings (SSSR count). The molecule has 5 nitrogen and oxygen atoms in total. The molecule has 2 N–H and O–H groups in total. The van der Waals surface area contributed by atoms with E-state index in [2.05, 4.69) is 5.32 Å². The van der Waals surface area contributed by atoms with Crippen LogP contribution in [0.3, 0.4) is 0 Å². The number of nitro groups is 1. The zero-order valence-electron chi connectivity index (χ0n) is 10.2. The Kier molecular flexibility index (Phi) is 4.28. The van der Waals surface area contributed by atoms with Gasteiger partial charge in [-0.1, -0.05) is 18.2 Å². The zero-order valence-corrected chi connectivity index (χ0v) is 10.2. The van der Waals surface area contributed by atoms with Crippen molar-refractivity contribution in [3.63, 3.8) is 0 Å². The van der Waals surface area contributed by atoms with E-state index in [0.717, 1.165) is 25.8 Å². The molecule has 1 aromatic carbocycles. The molecular weight excluding hydrogens is 232 g/mol. The van der Waals surface area contributed by atoms with E-state index in [9.17, 15) is 15.2 Å². The van der Waals surface area contributed by atoms with E-state index in [1.165, 1.54) is 6.07 Å². The number of hydrogen-bond acceptors (Lipinski definition) is 4. The second kappa shape index (κ2) is 5.93. The summed E-state index contributed by atoms with van der Waals surface area (Å²) < 4.78 is 0. The first kappa shape index (κ1) is 13.0. The lowest BCUT2D eigenvalue weighted by atomic mass is 10.1. The fourth-order valence-corrected chi connectivity index (χ4v) is 2.48. The normalized spacial score (nSPS) is 23.2. The maximum absolute atomic E-state index is 10.8. The van der Waals surface area contributed by atoms with Crippen molar-refractivity contribution in [3.05, 3.63) is 39.9 Å². The Morgan fingerprint density at radius 3 is 2.83 bits per heavy atom. The summed E-state index contributed by atoms with van der Waals surface area (Å²) >= 11 is 0. The van der Waals surface area contributed by atoms with Crippen molar-refractivity contribution < 1.29 is 10.0 Å². The number of aliphatic hydroxyl groups excluding tert-OH is 1. The molecule has 1 fully saturated rings. The van der Waals surface area contributed by atoms with Crippen LogP contribution in [0.5, 0.6) is 0 Å². The summed E-state index contributed by atoms with van der Waals surface area (Å²) in [6.07, 6.45) is 2.58. The van der Waals surface area contributed by atoms with E-state index in [-0.39, 0.29) is 16.7 Å². The fraction of sp³-hybridized carbons (Fsp3) is 0.538. The van der Waals surface area contributed by atoms with Gasteiger partial charge in [-0.05, 0) is 31.7 Å². The van der Waals surface area contributed by atoms with Gasteiger partial charge in [0.15, 0.2) is 0 Å². The second-order valence-corrected chi connectivity index (χ2v) is 4.85. The van der Waals surface area contributed by atoms with E-state index in [0.29, 0.717) is 18.0 Å². The molecule has 1 saturated carbocycles. The van der Waals surface area contributed by atoms with Crippen LogP contribution in [0.15, 0.2) is 24.3 Å². The van der Waals surface area contributed by atoms with E-state index < -0.39 is 0 Å². The van der Waals surface area contributed by atoms with E-state index in [1.807, 2.05) is 6.07 Å². The minimum absolute atomic E-state index is 0.163. The van der Waals surface area contributed by atoms with Crippen LogP contribution >= 0.6 is 0 Å². The number of aliphatic hydroxyl groups is 1. The van der Waals surface area contributed by atoms with Crippen LogP contribution in [0, 0.1) is 16.0 Å². The largest absolute Gasteiger partial charge is 0.393 e. The number of rotatable bonds is 5. The fourth-order valence-electron chi connectivity index (χ4n) is 2.48. The van der Waals surface area contributed by atoms with E-state index in [4.69, 9.17) is 0 Å². The number of hydrogen-bond donors (Lipinski definition) is 2. The molecule has 1 aliphatic carbocycles. The number of para-hydroxylation sites is 1. The molecule has 2 unspecified atom stereocenters. The van der Waals surface area contributed by atoms with Crippen LogP contribution in [0.1, 0.15) is 24.8 Å². The predicted octanol–water partition coefficient (Wildman–Crippen LogP) is 1.85. The van der Waals surface area contributed by atoms with Gasteiger partial charge < -0.3 is 10.4 Å². The van der Waals surface area contributed by atoms with Crippen molar-refractivity contribution >= 4 is 5.69 Å². The van der Waals surface area contributed by atoms with Gasteiger partial charge in [0.25, 0.3) is 5.69 Å². The molecule has 0 saturated heterocycles. The monoisotopic (exact) mass is 250 g/mol. The molecule has 98 valence electrons. The molecule has 0 bridgehead atoms. The minimum atomic E-state index is -0.351. The molecule has 1 aliphatic rings. The Morgan fingerprint density at radius 2 is 2.17 bits per heavy atom. The van der Waals surface area contributed by atoms with E-state index in [1.54, 1.807) is 12.1 Å². The van der Waals surface area contributed by atoms with Gasteiger partial charge in [-0.15, -0.1) is 0 Å². The average molecular weight is 250 g/mol. The maximum atomic E-state index is 10.8. The van der Waals surface area contributed by atoms with Crippen LogP contribution in [0.4, 0.5) is 5.69 Å². The Hall–Kier alpha value is -1.46. The summed E-state index contributed by atoms with van der Waals surface area (Å²) in [5, 5.41) is 23.5. The zero-order chi connectivity index (χ0) is 13.0. The molecule has 5 heteroatoms. The third kappa shape index (κ3) is 3.27.